The molecule has 2 heterocycles. The highest BCUT2D eigenvalue weighted by Gasteiger charge is 2.28. The molecule has 2 aromatic heterocycles. The Morgan fingerprint density at radius 1 is 1.45 bits per heavy atom. The molecule has 108 valence electrons. The predicted octanol–water partition coefficient (Wildman–Crippen LogP) is 2.96. The Bertz CT molecular complexity index is 608. The average Bonchev–Trinajstić information content (AvgIpc) is 2.66. The molecule has 20 heavy (non-hydrogen) atoms. The second-order valence-electron chi connectivity index (χ2n) is 4.97. The van der Waals surface area contributed by atoms with E-state index in [1.807, 2.05) is 18.5 Å². The summed E-state index contributed by atoms with van der Waals surface area (Å²) in [5, 5.41) is 15.0. The van der Waals surface area contributed by atoms with Crippen LogP contribution in [0, 0.1) is 12.7 Å². The molecule has 0 aliphatic carbocycles. The minimum Gasteiger partial charge on any atom is -0.383 e. The van der Waals surface area contributed by atoms with Crippen molar-refractivity contribution in [3.63, 3.8) is 0 Å². The number of hydrogen-bond donors (Lipinski definition) is 1. The lowest BCUT2D eigenvalue weighted by Gasteiger charge is -2.23. The van der Waals surface area contributed by atoms with Gasteiger partial charge in [0.2, 0.25) is 0 Å². The van der Waals surface area contributed by atoms with Gasteiger partial charge in [-0.1, -0.05) is 0 Å². The van der Waals surface area contributed by atoms with E-state index in [2.05, 4.69) is 26.0 Å². The van der Waals surface area contributed by atoms with E-state index in [-0.39, 0.29) is 0 Å². The van der Waals surface area contributed by atoms with E-state index in [1.165, 1.54) is 12.1 Å². The van der Waals surface area contributed by atoms with Gasteiger partial charge in [0, 0.05) is 13.0 Å². The monoisotopic (exact) mass is 341 g/mol. The second-order valence-corrected chi connectivity index (χ2v) is 5.77. The highest BCUT2D eigenvalue weighted by Crippen LogP contribution is 2.29. The SMILES string of the molecule is CCn1nc(C)c(Br)c1CC(C)(O)c1ccc(F)cn1. The van der Waals surface area contributed by atoms with E-state index < -0.39 is 11.4 Å². The number of aliphatic hydroxyl groups is 1. The zero-order valence-corrected chi connectivity index (χ0v) is 13.3. The van der Waals surface area contributed by atoms with Crippen LogP contribution in [0.25, 0.3) is 0 Å². The Labute approximate surface area is 125 Å². The minimum absolute atomic E-state index is 0.348. The highest BCUT2D eigenvalue weighted by atomic mass is 79.9. The Morgan fingerprint density at radius 2 is 2.15 bits per heavy atom. The Morgan fingerprint density at radius 3 is 2.70 bits per heavy atom. The molecule has 0 fully saturated rings. The quantitative estimate of drug-likeness (QED) is 0.930. The fourth-order valence-electron chi connectivity index (χ4n) is 2.15. The summed E-state index contributed by atoms with van der Waals surface area (Å²) in [5.74, 6) is -0.417. The molecule has 0 aromatic carbocycles. The van der Waals surface area contributed by atoms with Crippen LogP contribution in [0.3, 0.4) is 0 Å². The lowest BCUT2D eigenvalue weighted by atomic mass is 9.95. The van der Waals surface area contributed by atoms with Gasteiger partial charge in [-0.25, -0.2) is 4.39 Å². The number of hydrogen-bond acceptors (Lipinski definition) is 3. The topological polar surface area (TPSA) is 50.9 Å². The predicted molar refractivity (Wildman–Crippen MR) is 77.8 cm³/mol. The molecule has 0 saturated carbocycles. The number of halogens is 2. The van der Waals surface area contributed by atoms with Crippen LogP contribution < -0.4 is 0 Å². The average molecular weight is 342 g/mol. The maximum absolute atomic E-state index is 12.9. The van der Waals surface area contributed by atoms with E-state index in [0.717, 1.165) is 22.1 Å². The summed E-state index contributed by atoms with van der Waals surface area (Å²) in [6.45, 7) is 6.29. The van der Waals surface area contributed by atoms with E-state index >= 15 is 0 Å². The van der Waals surface area contributed by atoms with Crippen LogP contribution in [0.2, 0.25) is 0 Å². The number of aromatic nitrogens is 3. The van der Waals surface area contributed by atoms with Crippen molar-refractivity contribution in [3.05, 3.63) is 45.7 Å². The minimum atomic E-state index is -1.18. The Balaban J connectivity index is 2.35. The number of nitrogens with zero attached hydrogens (tertiary/aromatic N) is 3. The van der Waals surface area contributed by atoms with Gasteiger partial charge in [-0.2, -0.15) is 5.10 Å². The van der Waals surface area contributed by atoms with E-state index in [0.29, 0.717) is 18.7 Å². The largest absolute Gasteiger partial charge is 0.383 e. The van der Waals surface area contributed by atoms with Gasteiger partial charge in [0.05, 0.1) is 27.8 Å². The van der Waals surface area contributed by atoms with Gasteiger partial charge in [-0.15, -0.1) is 0 Å². The number of aryl methyl sites for hydroxylation is 2. The first-order valence-electron chi connectivity index (χ1n) is 6.41. The van der Waals surface area contributed by atoms with Crippen LogP contribution in [-0.4, -0.2) is 19.9 Å². The maximum atomic E-state index is 12.9. The molecule has 2 aromatic rings. The van der Waals surface area contributed by atoms with Crippen LogP contribution in [0.15, 0.2) is 22.8 Å². The van der Waals surface area contributed by atoms with Crippen LogP contribution >= 0.6 is 15.9 Å². The molecule has 6 heteroatoms. The van der Waals surface area contributed by atoms with Gasteiger partial charge < -0.3 is 5.11 Å². The summed E-state index contributed by atoms with van der Waals surface area (Å²) >= 11 is 3.50. The first-order chi connectivity index (χ1) is 9.35. The van der Waals surface area contributed by atoms with Gasteiger partial charge in [0.1, 0.15) is 11.4 Å². The van der Waals surface area contributed by atoms with Crippen molar-refractivity contribution in [2.75, 3.05) is 0 Å². The number of pyridine rings is 1. The van der Waals surface area contributed by atoms with E-state index in [4.69, 9.17) is 0 Å². The molecule has 0 amide bonds. The van der Waals surface area contributed by atoms with E-state index in [1.54, 1.807) is 6.92 Å². The first-order valence-corrected chi connectivity index (χ1v) is 7.20. The lowest BCUT2D eigenvalue weighted by molar-refractivity contribution is 0.0505. The molecule has 1 atom stereocenters. The summed E-state index contributed by atoms with van der Waals surface area (Å²) in [7, 11) is 0. The molecule has 0 spiro atoms. The highest BCUT2D eigenvalue weighted by molar-refractivity contribution is 9.10. The van der Waals surface area contributed by atoms with Crippen molar-refractivity contribution in [2.24, 2.45) is 0 Å². The van der Waals surface area contributed by atoms with E-state index in [9.17, 15) is 9.50 Å². The Hall–Kier alpha value is -1.27. The molecular weight excluding hydrogens is 325 g/mol. The molecular formula is C14H17BrFN3O. The summed E-state index contributed by atoms with van der Waals surface area (Å²) in [6, 6.07) is 2.80. The van der Waals surface area contributed by atoms with Gasteiger partial charge in [-0.3, -0.25) is 9.67 Å². The second kappa shape index (κ2) is 5.61. The van der Waals surface area contributed by atoms with Crippen molar-refractivity contribution >= 4 is 15.9 Å². The molecule has 1 N–H and O–H groups in total. The lowest BCUT2D eigenvalue weighted by Crippen LogP contribution is -2.27. The van der Waals surface area contributed by atoms with Crippen molar-refractivity contribution in [1.82, 2.24) is 14.8 Å². The van der Waals surface area contributed by atoms with Crippen LogP contribution in [0.1, 0.15) is 30.9 Å². The third-order valence-electron chi connectivity index (χ3n) is 3.24. The molecule has 4 nitrogen and oxygen atoms in total. The summed E-state index contributed by atoms with van der Waals surface area (Å²) < 4.78 is 15.7. The fourth-order valence-corrected chi connectivity index (χ4v) is 2.57. The molecule has 0 bridgehead atoms. The van der Waals surface area contributed by atoms with Crippen molar-refractivity contribution in [2.45, 2.75) is 39.3 Å². The van der Waals surface area contributed by atoms with Crippen LogP contribution in [-0.2, 0) is 18.6 Å². The van der Waals surface area contributed by atoms with Crippen molar-refractivity contribution in [1.29, 1.82) is 0 Å². The first kappa shape index (κ1) is 15.1. The zero-order chi connectivity index (χ0) is 14.9. The van der Waals surface area contributed by atoms with Crippen molar-refractivity contribution in [3.8, 4) is 0 Å². The van der Waals surface area contributed by atoms with Crippen LogP contribution in [0.4, 0.5) is 4.39 Å². The van der Waals surface area contributed by atoms with Crippen molar-refractivity contribution < 1.29 is 9.50 Å². The fraction of sp³-hybridized carbons (Fsp3) is 0.429. The molecule has 0 radical (unpaired) electrons. The molecule has 1 unspecified atom stereocenters. The Kier molecular flexibility index (Phi) is 4.25. The van der Waals surface area contributed by atoms with Gasteiger partial charge in [0.15, 0.2) is 0 Å². The number of rotatable bonds is 4. The van der Waals surface area contributed by atoms with Crippen LogP contribution in [0.5, 0.6) is 0 Å². The summed E-state index contributed by atoms with van der Waals surface area (Å²) in [6.07, 6.45) is 1.46. The molecule has 0 aliphatic heterocycles. The normalized spacial score (nSPS) is 14.3. The third kappa shape index (κ3) is 2.91. The van der Waals surface area contributed by atoms with Gasteiger partial charge >= 0.3 is 0 Å². The van der Waals surface area contributed by atoms with Gasteiger partial charge in [-0.05, 0) is 48.8 Å². The summed E-state index contributed by atoms with van der Waals surface area (Å²) in [4.78, 5) is 3.97. The van der Waals surface area contributed by atoms with Gasteiger partial charge in [0.25, 0.3) is 0 Å². The molecule has 2 rings (SSSR count). The molecule has 0 saturated heterocycles. The molecule has 0 aliphatic rings. The summed E-state index contributed by atoms with van der Waals surface area (Å²) in [5.41, 5.74) is 1.04. The smallest absolute Gasteiger partial charge is 0.141 e. The standard InChI is InChI=1S/C14H17BrFN3O/c1-4-19-11(13(15)9(2)18-19)7-14(3,20)12-6-5-10(16)8-17-12/h5-6,8,20H,4,7H2,1-3H3. The maximum Gasteiger partial charge on any atom is 0.141 e. The third-order valence-corrected chi connectivity index (χ3v) is 4.28. The zero-order valence-electron chi connectivity index (χ0n) is 11.7.